The number of esters is 1. The molecule has 0 saturated carbocycles. The van der Waals surface area contributed by atoms with Crippen molar-refractivity contribution in [2.45, 2.75) is 66.2 Å². The first kappa shape index (κ1) is 22.9. The number of rotatable bonds is 11. The second kappa shape index (κ2) is 10.9. The van der Waals surface area contributed by atoms with Crippen LogP contribution in [0.1, 0.15) is 77.3 Å². The van der Waals surface area contributed by atoms with E-state index in [1.54, 1.807) is 6.92 Å². The Bertz CT molecular complexity index is 661. The van der Waals surface area contributed by atoms with E-state index in [-0.39, 0.29) is 13.0 Å². The lowest BCUT2D eigenvalue weighted by Crippen LogP contribution is -2.32. The van der Waals surface area contributed by atoms with E-state index in [1.807, 2.05) is 6.07 Å². The monoisotopic (exact) mass is 376 g/mol. The number of hydrogen-bond donors (Lipinski definition) is 0. The van der Waals surface area contributed by atoms with E-state index in [4.69, 9.17) is 9.47 Å². The van der Waals surface area contributed by atoms with E-state index in [9.17, 15) is 14.4 Å². The Balaban J connectivity index is 2.66. The molecule has 150 valence electrons. The molecular weight excluding hydrogens is 344 g/mol. The van der Waals surface area contributed by atoms with E-state index >= 15 is 0 Å². The Morgan fingerprint density at radius 2 is 1.70 bits per heavy atom. The van der Waals surface area contributed by atoms with Crippen molar-refractivity contribution in [1.29, 1.82) is 0 Å². The highest BCUT2D eigenvalue weighted by molar-refractivity contribution is 6.16. The SMILES string of the molecule is CCOC(=O)C(C(C)=O)C(=O)CCCOc1ccc(C(C)C)cc1C(C)C. The zero-order chi connectivity index (χ0) is 20.6. The molecular formula is C22H32O5. The highest BCUT2D eigenvalue weighted by Gasteiger charge is 2.31. The normalized spacial score (nSPS) is 12.1. The van der Waals surface area contributed by atoms with Crippen LogP contribution in [0.5, 0.6) is 5.75 Å². The molecule has 0 aromatic heterocycles. The van der Waals surface area contributed by atoms with Gasteiger partial charge in [0.25, 0.3) is 0 Å². The first-order valence-electron chi connectivity index (χ1n) is 9.65. The van der Waals surface area contributed by atoms with Crippen molar-refractivity contribution in [3.05, 3.63) is 29.3 Å². The minimum absolute atomic E-state index is 0.101. The molecule has 0 bridgehead atoms. The molecule has 0 saturated heterocycles. The third-order valence-corrected chi connectivity index (χ3v) is 4.40. The summed E-state index contributed by atoms with van der Waals surface area (Å²) in [6, 6.07) is 6.20. The van der Waals surface area contributed by atoms with Crippen LogP contribution in [0.2, 0.25) is 0 Å². The largest absolute Gasteiger partial charge is 0.493 e. The fourth-order valence-corrected chi connectivity index (χ4v) is 2.83. The van der Waals surface area contributed by atoms with Crippen LogP contribution >= 0.6 is 0 Å². The summed E-state index contributed by atoms with van der Waals surface area (Å²) in [6.45, 7) is 11.9. The molecule has 5 nitrogen and oxygen atoms in total. The Hall–Kier alpha value is -2.17. The fraction of sp³-hybridized carbons (Fsp3) is 0.591. The first-order valence-corrected chi connectivity index (χ1v) is 9.65. The molecule has 0 aliphatic carbocycles. The first-order chi connectivity index (χ1) is 12.7. The van der Waals surface area contributed by atoms with Gasteiger partial charge in [-0.25, -0.2) is 0 Å². The molecule has 0 aliphatic rings. The van der Waals surface area contributed by atoms with Crippen molar-refractivity contribution >= 4 is 17.5 Å². The molecule has 0 fully saturated rings. The summed E-state index contributed by atoms with van der Waals surface area (Å²) in [7, 11) is 0. The lowest BCUT2D eigenvalue weighted by Gasteiger charge is -2.17. The second-order valence-electron chi connectivity index (χ2n) is 7.32. The van der Waals surface area contributed by atoms with Gasteiger partial charge in [0.05, 0.1) is 13.2 Å². The van der Waals surface area contributed by atoms with Crippen LogP contribution in [0.15, 0.2) is 18.2 Å². The molecule has 0 N–H and O–H groups in total. The molecule has 1 aromatic rings. The molecule has 5 heteroatoms. The zero-order valence-electron chi connectivity index (χ0n) is 17.3. The summed E-state index contributed by atoms with van der Waals surface area (Å²) < 4.78 is 10.7. The Labute approximate surface area is 162 Å². The van der Waals surface area contributed by atoms with Gasteiger partial charge in [-0.1, -0.05) is 39.8 Å². The summed E-state index contributed by atoms with van der Waals surface area (Å²) in [5.74, 6) is -1.39. The zero-order valence-corrected chi connectivity index (χ0v) is 17.3. The standard InChI is InChI=1S/C22H32O5/c1-7-26-22(25)21(16(6)23)19(24)9-8-12-27-20-11-10-17(14(2)3)13-18(20)15(4)5/h10-11,13-15,21H,7-9,12H2,1-6H3. The maximum absolute atomic E-state index is 12.2. The van der Waals surface area contributed by atoms with Crippen LogP contribution in [0, 0.1) is 5.92 Å². The predicted molar refractivity (Wildman–Crippen MR) is 105 cm³/mol. The van der Waals surface area contributed by atoms with Crippen molar-refractivity contribution < 1.29 is 23.9 Å². The highest BCUT2D eigenvalue weighted by Crippen LogP contribution is 2.30. The number of ether oxygens (including phenoxy) is 2. The predicted octanol–water partition coefficient (Wildman–Crippen LogP) is 4.43. The Morgan fingerprint density at radius 1 is 1.04 bits per heavy atom. The van der Waals surface area contributed by atoms with Gasteiger partial charge < -0.3 is 9.47 Å². The average molecular weight is 376 g/mol. The topological polar surface area (TPSA) is 69.7 Å². The molecule has 1 rings (SSSR count). The van der Waals surface area contributed by atoms with Crippen LogP contribution in [0.3, 0.4) is 0 Å². The van der Waals surface area contributed by atoms with Gasteiger partial charge in [-0.2, -0.15) is 0 Å². The van der Waals surface area contributed by atoms with E-state index in [0.29, 0.717) is 24.9 Å². The summed E-state index contributed by atoms with van der Waals surface area (Å²) in [4.78, 5) is 35.6. The van der Waals surface area contributed by atoms with E-state index in [0.717, 1.165) is 11.3 Å². The molecule has 0 radical (unpaired) electrons. The van der Waals surface area contributed by atoms with Gasteiger partial charge in [0.2, 0.25) is 0 Å². The molecule has 0 heterocycles. The average Bonchev–Trinajstić information content (AvgIpc) is 2.58. The molecule has 0 spiro atoms. The summed E-state index contributed by atoms with van der Waals surface area (Å²) in [6.07, 6.45) is 0.537. The molecule has 1 unspecified atom stereocenters. The van der Waals surface area contributed by atoms with Crippen molar-refractivity contribution in [3.8, 4) is 5.75 Å². The van der Waals surface area contributed by atoms with E-state index in [1.165, 1.54) is 12.5 Å². The third kappa shape index (κ3) is 6.81. The number of ketones is 2. The maximum Gasteiger partial charge on any atom is 0.324 e. The second-order valence-corrected chi connectivity index (χ2v) is 7.32. The summed E-state index contributed by atoms with van der Waals surface area (Å²) >= 11 is 0. The van der Waals surface area contributed by atoms with Gasteiger partial charge in [0, 0.05) is 6.42 Å². The molecule has 1 aromatic carbocycles. The molecule has 0 aliphatic heterocycles. The van der Waals surface area contributed by atoms with Crippen LogP contribution < -0.4 is 4.74 Å². The Morgan fingerprint density at radius 3 is 2.22 bits per heavy atom. The highest BCUT2D eigenvalue weighted by atomic mass is 16.5. The van der Waals surface area contributed by atoms with Gasteiger partial charge in [-0.3, -0.25) is 14.4 Å². The quantitative estimate of drug-likeness (QED) is 0.325. The van der Waals surface area contributed by atoms with Crippen molar-refractivity contribution in [2.24, 2.45) is 5.92 Å². The van der Waals surface area contributed by atoms with Crippen molar-refractivity contribution in [1.82, 2.24) is 0 Å². The van der Waals surface area contributed by atoms with Gasteiger partial charge in [0.1, 0.15) is 5.75 Å². The number of Topliss-reactive ketones (excluding diaryl/α,β-unsaturated/α-hetero) is 2. The number of carbonyl (C=O) groups is 3. The smallest absolute Gasteiger partial charge is 0.324 e. The molecule has 1 atom stereocenters. The van der Waals surface area contributed by atoms with Gasteiger partial charge in [0.15, 0.2) is 17.5 Å². The van der Waals surface area contributed by atoms with Crippen LogP contribution in [-0.2, 0) is 19.1 Å². The fourth-order valence-electron chi connectivity index (χ4n) is 2.83. The van der Waals surface area contributed by atoms with Gasteiger partial charge in [-0.05, 0) is 49.3 Å². The van der Waals surface area contributed by atoms with Crippen molar-refractivity contribution in [3.63, 3.8) is 0 Å². The lowest BCUT2D eigenvalue weighted by atomic mass is 9.95. The van der Waals surface area contributed by atoms with Crippen molar-refractivity contribution in [2.75, 3.05) is 13.2 Å². The van der Waals surface area contributed by atoms with E-state index in [2.05, 4.69) is 39.8 Å². The molecule has 0 amide bonds. The van der Waals surface area contributed by atoms with E-state index < -0.39 is 23.5 Å². The number of hydrogen-bond acceptors (Lipinski definition) is 5. The van der Waals surface area contributed by atoms with Crippen LogP contribution in [0.4, 0.5) is 0 Å². The summed E-state index contributed by atoms with van der Waals surface area (Å²) in [5.41, 5.74) is 2.40. The van der Waals surface area contributed by atoms with Gasteiger partial charge in [-0.15, -0.1) is 0 Å². The maximum atomic E-state index is 12.2. The number of benzene rings is 1. The third-order valence-electron chi connectivity index (χ3n) is 4.40. The minimum Gasteiger partial charge on any atom is -0.493 e. The Kier molecular flexibility index (Phi) is 9.19. The minimum atomic E-state index is -1.32. The van der Waals surface area contributed by atoms with Crippen LogP contribution in [-0.4, -0.2) is 30.7 Å². The lowest BCUT2D eigenvalue weighted by molar-refractivity contribution is -0.154. The molecule has 27 heavy (non-hydrogen) atoms. The van der Waals surface area contributed by atoms with Crippen LogP contribution in [0.25, 0.3) is 0 Å². The number of carbonyl (C=O) groups excluding carboxylic acids is 3. The summed E-state index contributed by atoms with van der Waals surface area (Å²) in [5, 5.41) is 0. The van der Waals surface area contributed by atoms with Gasteiger partial charge >= 0.3 is 5.97 Å².